The molecule has 0 aliphatic rings. The van der Waals surface area contributed by atoms with Crippen molar-refractivity contribution in [3.05, 3.63) is 45.1 Å². The Labute approximate surface area is 117 Å². The van der Waals surface area contributed by atoms with Gasteiger partial charge in [0.25, 0.3) is 0 Å². The Morgan fingerprint density at radius 2 is 2.28 bits per heavy atom. The fourth-order valence-corrected chi connectivity index (χ4v) is 2.18. The molecule has 0 bridgehead atoms. The first kappa shape index (κ1) is 12.9. The smallest absolute Gasteiger partial charge is 0.171 e. The molecule has 0 fully saturated rings. The van der Waals surface area contributed by atoms with Gasteiger partial charge in [0.05, 0.1) is 16.4 Å². The van der Waals surface area contributed by atoms with Gasteiger partial charge in [-0.25, -0.2) is 4.68 Å². The summed E-state index contributed by atoms with van der Waals surface area (Å²) in [6.07, 6.45) is 1.72. The fourth-order valence-electron chi connectivity index (χ4n) is 1.48. The number of amidine groups is 1. The molecule has 0 aliphatic heterocycles. The Hall–Kier alpha value is -1.53. The summed E-state index contributed by atoms with van der Waals surface area (Å²) in [5, 5.41) is 16.5. The van der Waals surface area contributed by atoms with Crippen LogP contribution in [-0.2, 0) is 0 Å². The van der Waals surface area contributed by atoms with Gasteiger partial charge < -0.3 is 10.9 Å². The van der Waals surface area contributed by atoms with Crippen LogP contribution in [0.1, 0.15) is 11.3 Å². The Bertz CT molecular complexity index is 604. The van der Waals surface area contributed by atoms with Crippen molar-refractivity contribution in [1.29, 1.82) is 0 Å². The molecule has 3 N–H and O–H groups in total. The van der Waals surface area contributed by atoms with Crippen LogP contribution >= 0.6 is 27.5 Å². The second-order valence-corrected chi connectivity index (χ2v) is 4.92. The van der Waals surface area contributed by atoms with Gasteiger partial charge in [-0.3, -0.25) is 0 Å². The molecule has 0 saturated carbocycles. The maximum absolute atomic E-state index is 8.65. The number of halogens is 2. The standard InChI is InChI=1S/C11H10BrClN4O/c1-6-10(13)5-17(15-6)7-2-3-8(9(12)4-7)11(14)16-18/h2-5,18H,1H3,(H2,14,16). The molecule has 0 amide bonds. The number of oxime groups is 1. The molecule has 94 valence electrons. The van der Waals surface area contributed by atoms with Crippen molar-refractivity contribution in [1.82, 2.24) is 9.78 Å². The summed E-state index contributed by atoms with van der Waals surface area (Å²) < 4.78 is 2.37. The van der Waals surface area contributed by atoms with Gasteiger partial charge in [-0.2, -0.15) is 5.10 Å². The molecule has 7 heteroatoms. The quantitative estimate of drug-likeness (QED) is 0.385. The maximum Gasteiger partial charge on any atom is 0.171 e. The van der Waals surface area contributed by atoms with E-state index in [9.17, 15) is 0 Å². The van der Waals surface area contributed by atoms with E-state index in [1.807, 2.05) is 13.0 Å². The highest BCUT2D eigenvalue weighted by Gasteiger charge is 2.09. The van der Waals surface area contributed by atoms with Crippen molar-refractivity contribution < 1.29 is 5.21 Å². The first-order valence-corrected chi connectivity index (χ1v) is 6.19. The zero-order chi connectivity index (χ0) is 13.3. The SMILES string of the molecule is Cc1nn(-c2ccc(/C(N)=N/O)c(Br)c2)cc1Cl. The molecule has 1 aromatic carbocycles. The van der Waals surface area contributed by atoms with E-state index >= 15 is 0 Å². The molecular weight excluding hydrogens is 320 g/mol. The largest absolute Gasteiger partial charge is 0.409 e. The minimum atomic E-state index is 0.0445. The third-order valence-electron chi connectivity index (χ3n) is 2.44. The lowest BCUT2D eigenvalue weighted by atomic mass is 10.2. The Kier molecular flexibility index (Phi) is 3.58. The summed E-state index contributed by atoms with van der Waals surface area (Å²) in [7, 11) is 0. The van der Waals surface area contributed by atoms with Gasteiger partial charge in [0, 0.05) is 16.2 Å². The van der Waals surface area contributed by atoms with Gasteiger partial charge in [0.2, 0.25) is 0 Å². The van der Waals surface area contributed by atoms with Crippen LogP contribution in [0.3, 0.4) is 0 Å². The van der Waals surface area contributed by atoms with Crippen molar-refractivity contribution in [2.75, 3.05) is 0 Å². The van der Waals surface area contributed by atoms with Crippen LogP contribution in [0, 0.1) is 6.92 Å². The van der Waals surface area contributed by atoms with Crippen LogP contribution in [0.2, 0.25) is 5.02 Å². The third-order valence-corrected chi connectivity index (χ3v) is 3.47. The lowest BCUT2D eigenvalue weighted by molar-refractivity contribution is 0.318. The van der Waals surface area contributed by atoms with Crippen molar-refractivity contribution in [2.45, 2.75) is 6.92 Å². The molecule has 0 aliphatic carbocycles. The highest BCUT2D eigenvalue weighted by molar-refractivity contribution is 9.10. The summed E-state index contributed by atoms with van der Waals surface area (Å²) in [5.41, 5.74) is 7.73. The van der Waals surface area contributed by atoms with Gasteiger partial charge in [-0.1, -0.05) is 16.8 Å². The number of aromatic nitrogens is 2. The second kappa shape index (κ2) is 4.99. The molecule has 0 spiro atoms. The zero-order valence-electron chi connectivity index (χ0n) is 9.43. The van der Waals surface area contributed by atoms with Gasteiger partial charge in [-0.15, -0.1) is 0 Å². The first-order chi connectivity index (χ1) is 8.52. The topological polar surface area (TPSA) is 76.4 Å². The van der Waals surface area contributed by atoms with Crippen molar-refractivity contribution in [3.8, 4) is 5.69 Å². The Morgan fingerprint density at radius 1 is 1.56 bits per heavy atom. The number of nitrogens with zero attached hydrogens (tertiary/aromatic N) is 3. The lowest BCUT2D eigenvalue weighted by Crippen LogP contribution is -2.14. The van der Waals surface area contributed by atoms with Crippen LogP contribution < -0.4 is 5.73 Å². The second-order valence-electron chi connectivity index (χ2n) is 3.66. The maximum atomic E-state index is 8.65. The molecule has 5 nitrogen and oxygen atoms in total. The van der Waals surface area contributed by atoms with Gasteiger partial charge in [0.1, 0.15) is 0 Å². The number of hydrogen-bond donors (Lipinski definition) is 2. The van der Waals surface area contributed by atoms with E-state index in [0.717, 1.165) is 11.4 Å². The number of aryl methyl sites for hydroxylation is 1. The van der Waals surface area contributed by atoms with E-state index in [4.69, 9.17) is 22.5 Å². The first-order valence-electron chi connectivity index (χ1n) is 5.02. The monoisotopic (exact) mass is 328 g/mol. The highest BCUT2D eigenvalue weighted by atomic mass is 79.9. The zero-order valence-corrected chi connectivity index (χ0v) is 11.8. The molecule has 2 rings (SSSR count). The molecule has 1 heterocycles. The average molecular weight is 330 g/mol. The van der Waals surface area contributed by atoms with E-state index in [0.29, 0.717) is 15.1 Å². The molecule has 2 aromatic rings. The predicted molar refractivity (Wildman–Crippen MR) is 73.5 cm³/mol. The van der Waals surface area contributed by atoms with Crippen molar-refractivity contribution in [2.24, 2.45) is 10.9 Å². The summed E-state index contributed by atoms with van der Waals surface area (Å²) in [6.45, 7) is 1.83. The Morgan fingerprint density at radius 3 is 2.78 bits per heavy atom. The Balaban J connectivity index is 2.46. The number of rotatable bonds is 2. The van der Waals surface area contributed by atoms with Gasteiger partial charge in [-0.05, 0) is 41.1 Å². The highest BCUT2D eigenvalue weighted by Crippen LogP contribution is 2.22. The molecule has 18 heavy (non-hydrogen) atoms. The van der Waals surface area contributed by atoms with Crippen molar-refractivity contribution >= 4 is 33.4 Å². The molecule has 1 aromatic heterocycles. The van der Waals surface area contributed by atoms with Crippen LogP contribution in [0.4, 0.5) is 0 Å². The molecule has 0 unspecified atom stereocenters. The average Bonchev–Trinajstić information content (AvgIpc) is 2.68. The van der Waals surface area contributed by atoms with E-state index < -0.39 is 0 Å². The fraction of sp³-hybridized carbons (Fsp3) is 0.0909. The van der Waals surface area contributed by atoms with E-state index in [-0.39, 0.29) is 5.84 Å². The van der Waals surface area contributed by atoms with Gasteiger partial charge in [0.15, 0.2) is 5.84 Å². The van der Waals surface area contributed by atoms with Crippen LogP contribution in [0.15, 0.2) is 34.0 Å². The third kappa shape index (κ3) is 2.34. The van der Waals surface area contributed by atoms with Crippen LogP contribution in [0.5, 0.6) is 0 Å². The predicted octanol–water partition coefficient (Wildman–Crippen LogP) is 2.69. The van der Waals surface area contributed by atoms with Crippen LogP contribution in [-0.4, -0.2) is 20.8 Å². The minimum absolute atomic E-state index is 0.0445. The molecular formula is C11H10BrClN4O. The summed E-state index contributed by atoms with van der Waals surface area (Å²) in [6, 6.07) is 5.36. The number of nitrogens with two attached hydrogens (primary N) is 1. The van der Waals surface area contributed by atoms with Gasteiger partial charge >= 0.3 is 0 Å². The lowest BCUT2D eigenvalue weighted by Gasteiger charge is -2.06. The summed E-state index contributed by atoms with van der Waals surface area (Å²) in [5.74, 6) is 0.0445. The molecule has 0 saturated heterocycles. The van der Waals surface area contributed by atoms with Crippen LogP contribution in [0.25, 0.3) is 5.69 Å². The minimum Gasteiger partial charge on any atom is -0.409 e. The molecule has 0 radical (unpaired) electrons. The number of benzene rings is 1. The summed E-state index contributed by atoms with van der Waals surface area (Å²) >= 11 is 9.32. The van der Waals surface area contributed by atoms with E-state index in [2.05, 4.69) is 26.2 Å². The van der Waals surface area contributed by atoms with E-state index in [1.54, 1.807) is 23.0 Å². The number of hydrogen-bond acceptors (Lipinski definition) is 3. The van der Waals surface area contributed by atoms with E-state index in [1.165, 1.54) is 0 Å². The normalized spacial score (nSPS) is 11.8. The molecule has 0 atom stereocenters. The summed E-state index contributed by atoms with van der Waals surface area (Å²) in [4.78, 5) is 0. The van der Waals surface area contributed by atoms with Crippen molar-refractivity contribution in [3.63, 3.8) is 0 Å².